The second-order valence-electron chi connectivity index (χ2n) is 6.28. The van der Waals surface area contributed by atoms with Gasteiger partial charge < -0.3 is 14.1 Å². The number of ether oxygens (including phenoxy) is 1. The summed E-state index contributed by atoms with van der Waals surface area (Å²) in [6.07, 6.45) is 0.814. The molecule has 3 aromatic rings. The van der Waals surface area contributed by atoms with Gasteiger partial charge in [-0.15, -0.1) is 0 Å². The van der Waals surface area contributed by atoms with Crippen molar-refractivity contribution in [2.45, 2.75) is 19.4 Å². The van der Waals surface area contributed by atoms with Crippen LogP contribution in [0.25, 0.3) is 10.9 Å². The number of aryl methyl sites for hydroxylation is 1. The molecule has 4 rings (SSSR count). The van der Waals surface area contributed by atoms with Gasteiger partial charge in [-0.05, 0) is 30.3 Å². The maximum absolute atomic E-state index is 13.1. The summed E-state index contributed by atoms with van der Waals surface area (Å²) in [5.41, 5.74) is 1.10. The predicted molar refractivity (Wildman–Crippen MR) is 99.4 cm³/mol. The van der Waals surface area contributed by atoms with E-state index in [-0.39, 0.29) is 11.9 Å². The smallest absolute Gasteiger partial charge is 0.273 e. The summed E-state index contributed by atoms with van der Waals surface area (Å²) in [4.78, 5) is 19.4. The molecule has 1 aliphatic rings. The van der Waals surface area contributed by atoms with Crippen molar-refractivity contribution in [3.05, 3.63) is 64.7 Å². The van der Waals surface area contributed by atoms with Gasteiger partial charge in [0.25, 0.3) is 5.91 Å². The molecule has 1 atom stereocenters. The third kappa shape index (κ3) is 3.20. The van der Waals surface area contributed by atoms with Crippen LogP contribution in [0.3, 0.4) is 0 Å². The molecule has 3 heterocycles. The second kappa shape index (κ2) is 7.09. The Morgan fingerprint density at radius 1 is 1.27 bits per heavy atom. The molecule has 0 bridgehead atoms. The average molecular weight is 371 g/mol. The van der Waals surface area contributed by atoms with Crippen molar-refractivity contribution in [2.24, 2.45) is 0 Å². The van der Waals surface area contributed by atoms with Crippen LogP contribution in [0.4, 0.5) is 0 Å². The number of pyridine rings is 1. The van der Waals surface area contributed by atoms with E-state index in [0.29, 0.717) is 36.0 Å². The highest BCUT2D eigenvalue weighted by Gasteiger charge is 2.32. The van der Waals surface area contributed by atoms with Crippen molar-refractivity contribution in [1.29, 1.82) is 0 Å². The van der Waals surface area contributed by atoms with Crippen LogP contribution >= 0.6 is 11.6 Å². The second-order valence-corrected chi connectivity index (χ2v) is 6.72. The minimum atomic E-state index is -0.242. The van der Waals surface area contributed by atoms with Crippen molar-refractivity contribution >= 4 is 28.4 Å². The third-order valence-corrected chi connectivity index (χ3v) is 4.86. The lowest BCUT2D eigenvalue weighted by Gasteiger charge is -2.34. The lowest BCUT2D eigenvalue weighted by atomic mass is 10.1. The first-order valence-corrected chi connectivity index (χ1v) is 9.07. The maximum Gasteiger partial charge on any atom is 0.273 e. The van der Waals surface area contributed by atoms with Crippen LogP contribution in [-0.2, 0) is 11.2 Å². The first kappa shape index (κ1) is 17.1. The molecule has 0 aliphatic carbocycles. The number of benzene rings is 1. The van der Waals surface area contributed by atoms with Gasteiger partial charge in [0.15, 0.2) is 0 Å². The molecule has 0 saturated carbocycles. The highest BCUT2D eigenvalue weighted by molar-refractivity contribution is 6.31. The predicted octanol–water partition coefficient (Wildman–Crippen LogP) is 4.26. The van der Waals surface area contributed by atoms with Crippen molar-refractivity contribution < 1.29 is 13.9 Å². The van der Waals surface area contributed by atoms with Crippen LogP contribution in [0, 0.1) is 0 Å². The number of rotatable bonds is 3. The van der Waals surface area contributed by atoms with Crippen LogP contribution in [0.5, 0.6) is 0 Å². The highest BCUT2D eigenvalue weighted by atomic mass is 35.5. The van der Waals surface area contributed by atoms with Gasteiger partial charge >= 0.3 is 0 Å². The van der Waals surface area contributed by atoms with Gasteiger partial charge in [-0.25, -0.2) is 4.98 Å². The van der Waals surface area contributed by atoms with Crippen LogP contribution in [-0.4, -0.2) is 35.5 Å². The average Bonchev–Trinajstić information content (AvgIpc) is 3.16. The summed E-state index contributed by atoms with van der Waals surface area (Å²) in [6.45, 7) is 3.46. The van der Waals surface area contributed by atoms with Crippen molar-refractivity contribution in [1.82, 2.24) is 9.88 Å². The largest absolute Gasteiger partial charge is 0.464 e. The monoisotopic (exact) mass is 370 g/mol. The van der Waals surface area contributed by atoms with E-state index in [9.17, 15) is 4.79 Å². The molecular weight excluding hydrogens is 352 g/mol. The fraction of sp³-hybridized carbons (Fsp3) is 0.300. The molecule has 0 N–H and O–H groups in total. The van der Waals surface area contributed by atoms with Crippen molar-refractivity contribution in [3.63, 3.8) is 0 Å². The molecule has 1 aromatic carbocycles. The summed E-state index contributed by atoms with van der Waals surface area (Å²) in [5, 5.41) is 1.55. The van der Waals surface area contributed by atoms with E-state index in [2.05, 4.69) is 4.98 Å². The Hall–Kier alpha value is -2.37. The van der Waals surface area contributed by atoms with Gasteiger partial charge in [-0.2, -0.15) is 0 Å². The molecule has 0 spiro atoms. The number of halogens is 1. The van der Waals surface area contributed by atoms with E-state index < -0.39 is 0 Å². The highest BCUT2D eigenvalue weighted by Crippen LogP contribution is 2.28. The molecule has 6 heteroatoms. The molecule has 2 aromatic heterocycles. The summed E-state index contributed by atoms with van der Waals surface area (Å²) in [5.74, 6) is 1.52. The normalized spacial score (nSPS) is 17.6. The maximum atomic E-state index is 13.1. The van der Waals surface area contributed by atoms with Crippen molar-refractivity contribution in [2.75, 3.05) is 19.8 Å². The van der Waals surface area contributed by atoms with Gasteiger partial charge in [0.1, 0.15) is 23.3 Å². The molecule has 5 nitrogen and oxygen atoms in total. The van der Waals surface area contributed by atoms with Crippen LogP contribution in [0.2, 0.25) is 5.02 Å². The first-order chi connectivity index (χ1) is 12.7. The van der Waals surface area contributed by atoms with E-state index in [4.69, 9.17) is 20.8 Å². The van der Waals surface area contributed by atoms with Crippen LogP contribution < -0.4 is 0 Å². The number of nitrogens with zero attached hydrogens (tertiary/aromatic N) is 2. The van der Waals surface area contributed by atoms with Crippen molar-refractivity contribution in [3.8, 4) is 0 Å². The number of carbonyl (C=O) groups is 1. The number of amides is 1. The Bertz CT molecular complexity index is 953. The van der Waals surface area contributed by atoms with Crippen LogP contribution in [0.15, 0.2) is 46.9 Å². The molecule has 1 aliphatic heterocycles. The SMILES string of the molecule is CCc1ccc(C2COCCN2C(=O)c2ccc3ccc(Cl)cc3n2)o1. The van der Waals surface area contributed by atoms with Crippen LogP contribution in [0.1, 0.15) is 35.0 Å². The summed E-state index contributed by atoms with van der Waals surface area (Å²) < 4.78 is 11.5. The Morgan fingerprint density at radius 3 is 2.92 bits per heavy atom. The van der Waals surface area contributed by atoms with Gasteiger partial charge in [-0.3, -0.25) is 4.79 Å². The Morgan fingerprint density at radius 2 is 2.12 bits per heavy atom. The Kier molecular flexibility index (Phi) is 4.66. The zero-order valence-corrected chi connectivity index (χ0v) is 15.2. The molecule has 1 fully saturated rings. The standard InChI is InChI=1S/C20H19ClN2O3/c1-2-15-6-8-19(26-15)18-12-25-10-9-23(18)20(24)16-7-4-13-3-5-14(21)11-17(13)22-16/h3-8,11,18H,2,9-10,12H2,1H3. The molecule has 1 unspecified atom stereocenters. The molecule has 0 radical (unpaired) electrons. The number of furan rings is 1. The molecule has 26 heavy (non-hydrogen) atoms. The number of fused-ring (bicyclic) bond motifs is 1. The molecule has 134 valence electrons. The van der Waals surface area contributed by atoms with Gasteiger partial charge in [0, 0.05) is 23.4 Å². The number of hydrogen-bond donors (Lipinski definition) is 0. The lowest BCUT2D eigenvalue weighted by Crippen LogP contribution is -2.43. The molecule has 1 amide bonds. The minimum absolute atomic E-state index is 0.130. The molecular formula is C20H19ClN2O3. The zero-order chi connectivity index (χ0) is 18.1. The number of carbonyl (C=O) groups excluding carboxylic acids is 1. The third-order valence-electron chi connectivity index (χ3n) is 4.62. The zero-order valence-electron chi connectivity index (χ0n) is 14.4. The Balaban J connectivity index is 1.66. The van der Waals surface area contributed by atoms with Gasteiger partial charge in [-0.1, -0.05) is 30.7 Å². The van der Waals surface area contributed by atoms with Gasteiger partial charge in [0.2, 0.25) is 0 Å². The summed E-state index contributed by atoms with van der Waals surface area (Å²) >= 11 is 6.05. The molecule has 1 saturated heterocycles. The number of hydrogen-bond acceptors (Lipinski definition) is 4. The quantitative estimate of drug-likeness (QED) is 0.691. The topological polar surface area (TPSA) is 55.6 Å². The first-order valence-electron chi connectivity index (χ1n) is 8.69. The van der Waals surface area contributed by atoms with Gasteiger partial charge in [0.05, 0.1) is 18.7 Å². The summed E-state index contributed by atoms with van der Waals surface area (Å²) in [6, 6.07) is 12.8. The van der Waals surface area contributed by atoms with E-state index in [0.717, 1.165) is 23.3 Å². The minimum Gasteiger partial charge on any atom is -0.464 e. The fourth-order valence-electron chi connectivity index (χ4n) is 3.20. The summed E-state index contributed by atoms with van der Waals surface area (Å²) in [7, 11) is 0. The van der Waals surface area contributed by atoms with E-state index >= 15 is 0 Å². The Labute approximate surface area is 156 Å². The van der Waals surface area contributed by atoms with E-state index in [1.54, 1.807) is 17.0 Å². The number of aromatic nitrogens is 1. The fourth-order valence-corrected chi connectivity index (χ4v) is 3.37. The van der Waals surface area contributed by atoms with E-state index in [1.165, 1.54) is 0 Å². The lowest BCUT2D eigenvalue weighted by molar-refractivity contribution is -0.00928. The van der Waals surface area contributed by atoms with E-state index in [1.807, 2.05) is 37.3 Å². The number of morpholine rings is 1.